The van der Waals surface area contributed by atoms with Crippen LogP contribution < -0.4 is 0 Å². The van der Waals surface area contributed by atoms with Gasteiger partial charge in [-0.3, -0.25) is 4.79 Å². The number of amides is 1. The van der Waals surface area contributed by atoms with Crippen molar-refractivity contribution in [3.05, 3.63) is 52.5 Å². The van der Waals surface area contributed by atoms with E-state index >= 15 is 0 Å². The molecule has 0 radical (unpaired) electrons. The molecule has 0 unspecified atom stereocenters. The van der Waals surface area contributed by atoms with E-state index in [9.17, 15) is 4.79 Å². The Balaban J connectivity index is 2.20. The molecule has 1 heterocycles. The summed E-state index contributed by atoms with van der Waals surface area (Å²) in [5, 5.41) is 3.31. The Kier molecular flexibility index (Phi) is 5.15. The summed E-state index contributed by atoms with van der Waals surface area (Å²) in [6.45, 7) is 8.92. The Morgan fingerprint density at radius 2 is 2.05 bits per heavy atom. The maximum Gasteiger partial charge on any atom is 0.273 e. The fraction of sp³-hybridized carbons (Fsp3) is 0.250. The zero-order valence-corrected chi connectivity index (χ0v) is 13.7. The van der Waals surface area contributed by atoms with Crippen LogP contribution in [0.5, 0.6) is 0 Å². The Bertz CT molecular complexity index is 649. The molecule has 1 aromatic carbocycles. The van der Waals surface area contributed by atoms with Crippen LogP contribution in [-0.4, -0.2) is 28.9 Å². The number of carbonyl (C=O) groups is 1. The van der Waals surface area contributed by atoms with Gasteiger partial charge >= 0.3 is 0 Å². The molecule has 110 valence electrons. The number of hydrogen-bond acceptors (Lipinski definition) is 3. The molecule has 0 aliphatic carbocycles. The van der Waals surface area contributed by atoms with E-state index in [0.717, 1.165) is 16.1 Å². The fourth-order valence-electron chi connectivity index (χ4n) is 1.91. The van der Waals surface area contributed by atoms with Gasteiger partial charge < -0.3 is 4.90 Å². The van der Waals surface area contributed by atoms with E-state index in [0.29, 0.717) is 23.8 Å². The van der Waals surface area contributed by atoms with E-state index in [4.69, 9.17) is 11.6 Å². The summed E-state index contributed by atoms with van der Waals surface area (Å²) >= 11 is 7.34. The van der Waals surface area contributed by atoms with E-state index < -0.39 is 0 Å². The molecule has 5 heteroatoms. The lowest BCUT2D eigenvalue weighted by molar-refractivity contribution is 0.0773. The molecule has 3 nitrogen and oxygen atoms in total. The van der Waals surface area contributed by atoms with Crippen molar-refractivity contribution >= 4 is 28.8 Å². The van der Waals surface area contributed by atoms with Crippen molar-refractivity contribution in [2.45, 2.75) is 13.8 Å². The van der Waals surface area contributed by atoms with Crippen molar-refractivity contribution in [2.75, 3.05) is 13.1 Å². The molecule has 21 heavy (non-hydrogen) atoms. The Labute approximate surface area is 133 Å². The fourth-order valence-corrected chi connectivity index (χ4v) is 2.84. The number of thiazole rings is 1. The number of likely N-dealkylation sites (N-methyl/N-ethyl adjacent to an activating group) is 1. The van der Waals surface area contributed by atoms with Crippen LogP contribution in [0.1, 0.15) is 24.3 Å². The van der Waals surface area contributed by atoms with Crippen molar-refractivity contribution < 1.29 is 4.79 Å². The third-order valence-electron chi connectivity index (χ3n) is 2.94. The summed E-state index contributed by atoms with van der Waals surface area (Å²) in [6.07, 6.45) is 0. The molecular formula is C16H17ClN2OS. The van der Waals surface area contributed by atoms with Gasteiger partial charge in [0.2, 0.25) is 0 Å². The summed E-state index contributed by atoms with van der Waals surface area (Å²) in [5.74, 6) is -0.0584. The number of carbonyl (C=O) groups excluding carboxylic acids is 1. The molecule has 0 fully saturated rings. The lowest BCUT2D eigenvalue weighted by Crippen LogP contribution is -2.32. The molecule has 2 rings (SSSR count). The maximum atomic E-state index is 12.4. The number of hydrogen-bond donors (Lipinski definition) is 0. The van der Waals surface area contributed by atoms with Gasteiger partial charge in [-0.1, -0.05) is 35.9 Å². The Morgan fingerprint density at radius 1 is 1.38 bits per heavy atom. The SMILES string of the molecule is C=C(C)CN(CC)C(=O)c1csc(-c2ccc(Cl)cc2)n1. The maximum absolute atomic E-state index is 12.4. The van der Waals surface area contributed by atoms with Crippen LogP contribution in [-0.2, 0) is 0 Å². The highest BCUT2D eigenvalue weighted by atomic mass is 35.5. The number of benzene rings is 1. The molecule has 2 aromatic rings. The van der Waals surface area contributed by atoms with Gasteiger partial charge in [-0.15, -0.1) is 11.3 Å². The summed E-state index contributed by atoms with van der Waals surface area (Å²) in [7, 11) is 0. The first-order chi connectivity index (χ1) is 10.0. The van der Waals surface area contributed by atoms with E-state index in [1.165, 1.54) is 11.3 Å². The smallest absolute Gasteiger partial charge is 0.273 e. The number of rotatable bonds is 5. The molecule has 0 atom stereocenters. The van der Waals surface area contributed by atoms with Gasteiger partial charge in [-0.05, 0) is 26.0 Å². The minimum atomic E-state index is -0.0584. The van der Waals surface area contributed by atoms with Crippen LogP contribution in [0.4, 0.5) is 0 Å². The normalized spacial score (nSPS) is 10.4. The molecular weight excluding hydrogens is 304 g/mol. The molecule has 0 bridgehead atoms. The van der Waals surface area contributed by atoms with Gasteiger partial charge in [0.25, 0.3) is 5.91 Å². The van der Waals surface area contributed by atoms with Gasteiger partial charge in [0.1, 0.15) is 10.7 Å². The lowest BCUT2D eigenvalue weighted by atomic mass is 10.2. The summed E-state index contributed by atoms with van der Waals surface area (Å²) in [6, 6.07) is 7.44. The van der Waals surface area contributed by atoms with Crippen LogP contribution in [0.3, 0.4) is 0 Å². The van der Waals surface area contributed by atoms with Crippen LogP contribution in [0.15, 0.2) is 41.8 Å². The highest BCUT2D eigenvalue weighted by molar-refractivity contribution is 7.13. The number of aromatic nitrogens is 1. The molecule has 1 amide bonds. The number of nitrogens with zero attached hydrogens (tertiary/aromatic N) is 2. The predicted molar refractivity (Wildman–Crippen MR) is 89.0 cm³/mol. The third-order valence-corrected chi connectivity index (χ3v) is 4.09. The topological polar surface area (TPSA) is 33.2 Å². The van der Waals surface area contributed by atoms with Crippen molar-refractivity contribution in [1.82, 2.24) is 9.88 Å². The van der Waals surface area contributed by atoms with E-state index in [-0.39, 0.29) is 5.91 Å². The summed E-state index contributed by atoms with van der Waals surface area (Å²) in [4.78, 5) is 18.6. The quantitative estimate of drug-likeness (QED) is 0.760. The Hall–Kier alpha value is -1.65. The number of halogens is 1. The van der Waals surface area contributed by atoms with E-state index in [1.807, 2.05) is 38.1 Å². The summed E-state index contributed by atoms with van der Waals surface area (Å²) < 4.78 is 0. The average molecular weight is 321 g/mol. The van der Waals surface area contributed by atoms with Gasteiger partial charge in [-0.2, -0.15) is 0 Å². The first-order valence-electron chi connectivity index (χ1n) is 6.66. The van der Waals surface area contributed by atoms with Gasteiger partial charge in [0.15, 0.2) is 0 Å². The zero-order chi connectivity index (χ0) is 15.4. The standard InChI is InChI=1S/C16H17ClN2OS/c1-4-19(9-11(2)3)16(20)14-10-21-15(18-14)12-5-7-13(17)8-6-12/h5-8,10H,2,4,9H2,1,3H3. The molecule has 1 aromatic heterocycles. The monoisotopic (exact) mass is 320 g/mol. The average Bonchev–Trinajstić information content (AvgIpc) is 2.94. The first kappa shape index (κ1) is 15.7. The predicted octanol–water partition coefficient (Wildman–Crippen LogP) is 4.50. The van der Waals surface area contributed by atoms with Crippen molar-refractivity contribution in [2.24, 2.45) is 0 Å². The van der Waals surface area contributed by atoms with Gasteiger partial charge in [-0.25, -0.2) is 4.98 Å². The largest absolute Gasteiger partial charge is 0.334 e. The van der Waals surface area contributed by atoms with E-state index in [2.05, 4.69) is 11.6 Å². The Morgan fingerprint density at radius 3 is 2.62 bits per heavy atom. The van der Waals surface area contributed by atoms with Crippen LogP contribution >= 0.6 is 22.9 Å². The molecule has 0 spiro atoms. The third kappa shape index (κ3) is 3.93. The van der Waals surface area contributed by atoms with Crippen LogP contribution in [0, 0.1) is 0 Å². The molecule has 0 aliphatic heterocycles. The van der Waals surface area contributed by atoms with Gasteiger partial charge in [0.05, 0.1) is 0 Å². The zero-order valence-electron chi connectivity index (χ0n) is 12.1. The lowest BCUT2D eigenvalue weighted by Gasteiger charge is -2.19. The van der Waals surface area contributed by atoms with Crippen molar-refractivity contribution in [1.29, 1.82) is 0 Å². The van der Waals surface area contributed by atoms with Crippen LogP contribution in [0.2, 0.25) is 5.02 Å². The molecule has 0 aliphatic rings. The minimum Gasteiger partial charge on any atom is -0.334 e. The summed E-state index contributed by atoms with van der Waals surface area (Å²) in [5.41, 5.74) is 2.40. The molecule has 0 saturated heterocycles. The minimum absolute atomic E-state index is 0.0584. The first-order valence-corrected chi connectivity index (χ1v) is 7.92. The van der Waals surface area contributed by atoms with Crippen molar-refractivity contribution in [3.63, 3.8) is 0 Å². The highest BCUT2D eigenvalue weighted by Crippen LogP contribution is 2.25. The van der Waals surface area contributed by atoms with Gasteiger partial charge in [0, 0.05) is 29.1 Å². The molecule has 0 saturated carbocycles. The van der Waals surface area contributed by atoms with Crippen molar-refractivity contribution in [3.8, 4) is 10.6 Å². The molecule has 0 N–H and O–H groups in total. The highest BCUT2D eigenvalue weighted by Gasteiger charge is 2.17. The van der Waals surface area contributed by atoms with E-state index in [1.54, 1.807) is 10.3 Å². The van der Waals surface area contributed by atoms with Crippen LogP contribution in [0.25, 0.3) is 10.6 Å². The second-order valence-corrected chi connectivity index (χ2v) is 6.12. The second kappa shape index (κ2) is 6.87. The second-order valence-electron chi connectivity index (χ2n) is 4.82.